The van der Waals surface area contributed by atoms with Gasteiger partial charge in [0.1, 0.15) is 0 Å². The van der Waals surface area contributed by atoms with Crippen molar-refractivity contribution < 1.29 is 9.53 Å². The van der Waals surface area contributed by atoms with Crippen LogP contribution in [0.25, 0.3) is 6.08 Å². The molecule has 1 aromatic rings. The molecule has 2 nitrogen and oxygen atoms in total. The van der Waals surface area contributed by atoms with E-state index in [0.717, 1.165) is 5.56 Å². The van der Waals surface area contributed by atoms with Crippen molar-refractivity contribution in [1.29, 1.82) is 0 Å². The molecule has 0 aliphatic heterocycles. The zero-order valence-corrected chi connectivity index (χ0v) is 12.1. The van der Waals surface area contributed by atoms with Crippen LogP contribution in [0.2, 0.25) is 0 Å². The second-order valence-corrected chi connectivity index (χ2v) is 5.48. The van der Waals surface area contributed by atoms with Crippen molar-refractivity contribution in [1.82, 2.24) is 0 Å². The van der Waals surface area contributed by atoms with E-state index in [9.17, 15) is 4.79 Å². The lowest BCUT2D eigenvalue weighted by Crippen LogP contribution is -2.28. The Labute approximate surface area is 115 Å². The van der Waals surface area contributed by atoms with Crippen LogP contribution >= 0.6 is 0 Å². The molecule has 19 heavy (non-hydrogen) atoms. The van der Waals surface area contributed by atoms with Crippen molar-refractivity contribution in [2.24, 2.45) is 11.3 Å². The van der Waals surface area contributed by atoms with E-state index in [0.29, 0.717) is 6.61 Å². The molecule has 1 atom stereocenters. The number of benzene rings is 1. The largest absolute Gasteiger partial charge is 0.466 e. The highest BCUT2D eigenvalue weighted by molar-refractivity contribution is 5.75. The number of hydrogen-bond donors (Lipinski definition) is 0. The molecule has 0 N–H and O–H groups in total. The number of hydrogen-bond acceptors (Lipinski definition) is 2. The Bertz CT molecular complexity index is 460. The van der Waals surface area contributed by atoms with Gasteiger partial charge in [-0.15, -0.1) is 5.73 Å². The van der Waals surface area contributed by atoms with Crippen molar-refractivity contribution in [3.63, 3.8) is 0 Å². The molecule has 0 heterocycles. The molecule has 1 unspecified atom stereocenters. The maximum absolute atomic E-state index is 11.9. The van der Waals surface area contributed by atoms with Gasteiger partial charge in [0.25, 0.3) is 0 Å². The molecule has 1 aromatic carbocycles. The molecule has 0 bridgehead atoms. The number of carbonyl (C=O) groups excluding carboxylic acids is 1. The van der Waals surface area contributed by atoms with E-state index in [1.807, 2.05) is 64.1 Å². The Hall–Kier alpha value is -1.79. The summed E-state index contributed by atoms with van der Waals surface area (Å²) < 4.78 is 5.11. The average Bonchev–Trinajstić information content (AvgIpc) is 2.34. The Balaban J connectivity index is 2.89. The molecule has 2 heteroatoms. The summed E-state index contributed by atoms with van der Waals surface area (Å²) in [6, 6.07) is 9.91. The van der Waals surface area contributed by atoms with Gasteiger partial charge in [-0.1, -0.05) is 51.1 Å². The van der Waals surface area contributed by atoms with Crippen molar-refractivity contribution >= 4 is 12.0 Å². The van der Waals surface area contributed by atoms with Gasteiger partial charge in [0.2, 0.25) is 0 Å². The van der Waals surface area contributed by atoms with Crippen LogP contribution in [0.1, 0.15) is 33.3 Å². The Kier molecular flexibility index (Phi) is 5.59. The number of rotatable bonds is 4. The van der Waals surface area contributed by atoms with E-state index in [4.69, 9.17) is 4.74 Å². The van der Waals surface area contributed by atoms with Gasteiger partial charge >= 0.3 is 5.97 Å². The molecular formula is C17H22O2. The van der Waals surface area contributed by atoms with Gasteiger partial charge in [-0.25, -0.2) is 0 Å². The van der Waals surface area contributed by atoms with Gasteiger partial charge in [0.15, 0.2) is 0 Å². The van der Waals surface area contributed by atoms with Crippen molar-refractivity contribution in [2.75, 3.05) is 6.61 Å². The SMILES string of the molecule is CCOC(=O)C(C=C=Cc1ccccc1)C(C)(C)C. The summed E-state index contributed by atoms with van der Waals surface area (Å²) in [6.45, 7) is 8.29. The molecule has 0 saturated carbocycles. The van der Waals surface area contributed by atoms with E-state index in [1.54, 1.807) is 6.08 Å². The minimum Gasteiger partial charge on any atom is -0.466 e. The molecule has 0 aromatic heterocycles. The molecule has 0 saturated heterocycles. The van der Waals surface area contributed by atoms with Crippen LogP contribution in [0.3, 0.4) is 0 Å². The van der Waals surface area contributed by atoms with E-state index in [1.165, 1.54) is 0 Å². The third-order valence-electron chi connectivity index (χ3n) is 2.79. The second kappa shape index (κ2) is 6.96. The van der Waals surface area contributed by atoms with Crippen molar-refractivity contribution in [2.45, 2.75) is 27.7 Å². The minimum atomic E-state index is -0.285. The van der Waals surface area contributed by atoms with Gasteiger partial charge in [0.05, 0.1) is 12.5 Å². The molecule has 0 radical (unpaired) electrons. The third kappa shape index (κ3) is 5.15. The van der Waals surface area contributed by atoms with E-state index in [2.05, 4.69) is 5.73 Å². The first-order valence-corrected chi connectivity index (χ1v) is 6.59. The topological polar surface area (TPSA) is 26.3 Å². The van der Waals surface area contributed by atoms with E-state index >= 15 is 0 Å². The van der Waals surface area contributed by atoms with Crippen LogP contribution in [0.4, 0.5) is 0 Å². The molecular weight excluding hydrogens is 236 g/mol. The lowest BCUT2D eigenvalue weighted by atomic mass is 9.81. The number of ether oxygens (including phenoxy) is 1. The summed E-state index contributed by atoms with van der Waals surface area (Å²) in [7, 11) is 0. The highest BCUT2D eigenvalue weighted by atomic mass is 16.5. The average molecular weight is 258 g/mol. The van der Waals surface area contributed by atoms with Crippen LogP contribution < -0.4 is 0 Å². The van der Waals surface area contributed by atoms with Gasteiger partial charge in [0, 0.05) is 0 Å². The van der Waals surface area contributed by atoms with Gasteiger partial charge in [-0.2, -0.15) is 0 Å². The molecule has 102 valence electrons. The summed E-state index contributed by atoms with van der Waals surface area (Å²) in [5, 5.41) is 0. The summed E-state index contributed by atoms with van der Waals surface area (Å²) in [4.78, 5) is 11.9. The molecule has 0 amide bonds. The summed E-state index contributed by atoms with van der Waals surface area (Å²) >= 11 is 0. The lowest BCUT2D eigenvalue weighted by molar-refractivity contribution is -0.149. The lowest BCUT2D eigenvalue weighted by Gasteiger charge is -2.25. The smallest absolute Gasteiger partial charge is 0.313 e. The fourth-order valence-corrected chi connectivity index (χ4v) is 1.69. The number of esters is 1. The first-order valence-electron chi connectivity index (χ1n) is 6.59. The predicted octanol–water partition coefficient (Wildman–Crippen LogP) is 4.08. The maximum atomic E-state index is 11.9. The number of carbonyl (C=O) groups is 1. The minimum absolute atomic E-state index is 0.177. The highest BCUT2D eigenvalue weighted by Crippen LogP contribution is 2.28. The summed E-state index contributed by atoms with van der Waals surface area (Å²) in [6.07, 6.45) is 3.67. The first-order chi connectivity index (χ1) is 8.95. The van der Waals surface area contributed by atoms with Crippen LogP contribution in [0.15, 0.2) is 42.1 Å². The summed E-state index contributed by atoms with van der Waals surface area (Å²) in [5.41, 5.74) is 3.99. The highest BCUT2D eigenvalue weighted by Gasteiger charge is 2.30. The Morgan fingerprint density at radius 3 is 2.47 bits per heavy atom. The molecule has 0 spiro atoms. The van der Waals surface area contributed by atoms with Crippen LogP contribution in [-0.4, -0.2) is 12.6 Å². The van der Waals surface area contributed by atoms with Crippen LogP contribution in [0, 0.1) is 11.3 Å². The van der Waals surface area contributed by atoms with Crippen molar-refractivity contribution in [3.8, 4) is 0 Å². The Morgan fingerprint density at radius 1 is 1.32 bits per heavy atom. The fourth-order valence-electron chi connectivity index (χ4n) is 1.69. The quantitative estimate of drug-likeness (QED) is 0.601. The van der Waals surface area contributed by atoms with Crippen LogP contribution in [-0.2, 0) is 9.53 Å². The summed E-state index contributed by atoms with van der Waals surface area (Å²) in [5.74, 6) is -0.476. The van der Waals surface area contributed by atoms with E-state index in [-0.39, 0.29) is 17.3 Å². The van der Waals surface area contributed by atoms with Gasteiger partial charge < -0.3 is 4.74 Å². The standard InChI is InChI=1S/C17H22O2/c1-5-19-16(18)15(17(2,3)4)13-9-12-14-10-7-6-8-11-14/h6-8,10-13,15H,5H2,1-4H3. The van der Waals surface area contributed by atoms with E-state index < -0.39 is 0 Å². The Morgan fingerprint density at radius 2 is 1.95 bits per heavy atom. The molecule has 0 aliphatic rings. The van der Waals surface area contributed by atoms with Crippen LogP contribution in [0.5, 0.6) is 0 Å². The van der Waals surface area contributed by atoms with Gasteiger partial charge in [-0.3, -0.25) is 4.79 Å². The zero-order valence-electron chi connectivity index (χ0n) is 12.1. The zero-order chi connectivity index (χ0) is 14.3. The predicted molar refractivity (Wildman–Crippen MR) is 78.6 cm³/mol. The molecule has 0 aliphatic carbocycles. The monoisotopic (exact) mass is 258 g/mol. The second-order valence-electron chi connectivity index (χ2n) is 5.48. The molecule has 0 fully saturated rings. The van der Waals surface area contributed by atoms with Gasteiger partial charge in [-0.05, 0) is 30.1 Å². The fraction of sp³-hybridized carbons (Fsp3) is 0.412. The third-order valence-corrected chi connectivity index (χ3v) is 2.79. The molecule has 1 rings (SSSR count). The van der Waals surface area contributed by atoms with Crippen molar-refractivity contribution in [3.05, 3.63) is 47.7 Å². The normalized spacial score (nSPS) is 12.2. The first kappa shape index (κ1) is 15.3. The maximum Gasteiger partial charge on any atom is 0.313 e.